The first-order valence-corrected chi connectivity index (χ1v) is 2.87. The predicted octanol–water partition coefficient (Wildman–Crippen LogP) is 1.23. The van der Waals surface area contributed by atoms with Gasteiger partial charge in [-0.3, -0.25) is 0 Å². The maximum Gasteiger partial charge on any atom is 0.131 e. The van der Waals surface area contributed by atoms with Crippen LogP contribution >= 0.6 is 15.9 Å². The second-order valence-corrected chi connectivity index (χ2v) is 2.23. The third-order valence-electron chi connectivity index (χ3n) is 0.685. The number of anilines is 1. The van der Waals surface area contributed by atoms with Crippen LogP contribution in [-0.2, 0) is 0 Å². The van der Waals surface area contributed by atoms with Gasteiger partial charge in [-0.05, 0) is 22.0 Å². The van der Waals surface area contributed by atoms with Gasteiger partial charge in [0.15, 0.2) is 0 Å². The number of nitrogen functional groups attached to an aromatic ring is 1. The molecule has 0 fully saturated rings. The Morgan fingerprint density at radius 2 is 2.50 bits per heavy atom. The van der Waals surface area contributed by atoms with Crippen molar-refractivity contribution in [3.8, 4) is 0 Å². The highest BCUT2D eigenvalue weighted by atomic mass is 79.9. The average molecular weight is 172 g/mol. The fourth-order valence-corrected chi connectivity index (χ4v) is 0.565. The summed E-state index contributed by atoms with van der Waals surface area (Å²) in [4.78, 5) is 3.75. The van der Waals surface area contributed by atoms with Gasteiger partial charge in [0, 0.05) is 16.7 Å². The van der Waals surface area contributed by atoms with Crippen molar-refractivity contribution < 1.29 is 0 Å². The molecule has 3 heteroatoms. The van der Waals surface area contributed by atoms with Gasteiger partial charge >= 0.3 is 0 Å². The standard InChI is InChI=1S/C5H4BrN2/c6-4-1-2-5(7)8-3-4/h1,3H,(H2,7,8). The van der Waals surface area contributed by atoms with Gasteiger partial charge < -0.3 is 5.73 Å². The number of hydrogen-bond donors (Lipinski definition) is 1. The van der Waals surface area contributed by atoms with E-state index in [4.69, 9.17) is 5.73 Å². The number of aromatic nitrogens is 1. The quantitative estimate of drug-likeness (QED) is 0.638. The lowest BCUT2D eigenvalue weighted by Gasteiger charge is -1.87. The van der Waals surface area contributed by atoms with Gasteiger partial charge in [0.25, 0.3) is 0 Å². The summed E-state index contributed by atoms with van der Waals surface area (Å²) in [5.74, 6) is 0.424. The van der Waals surface area contributed by atoms with E-state index in [0.29, 0.717) is 5.82 Å². The summed E-state index contributed by atoms with van der Waals surface area (Å²) in [6.07, 6.45) is 1.63. The zero-order valence-corrected chi connectivity index (χ0v) is 5.64. The lowest BCUT2D eigenvalue weighted by molar-refractivity contribution is 1.31. The first kappa shape index (κ1) is 5.56. The summed E-state index contributed by atoms with van der Waals surface area (Å²) in [6, 6.07) is 4.44. The number of nitrogens with two attached hydrogens (primary N) is 1. The zero-order valence-electron chi connectivity index (χ0n) is 4.06. The molecule has 0 aliphatic rings. The van der Waals surface area contributed by atoms with E-state index in [1.807, 2.05) is 0 Å². The minimum Gasteiger partial charge on any atom is -0.383 e. The van der Waals surface area contributed by atoms with Crippen molar-refractivity contribution in [3.05, 3.63) is 22.8 Å². The molecule has 8 heavy (non-hydrogen) atoms. The van der Waals surface area contributed by atoms with Gasteiger partial charge in [-0.2, -0.15) is 0 Å². The van der Waals surface area contributed by atoms with Gasteiger partial charge in [0.2, 0.25) is 0 Å². The number of pyridine rings is 1. The summed E-state index contributed by atoms with van der Waals surface area (Å²) in [5, 5.41) is 0. The van der Waals surface area contributed by atoms with E-state index in [-0.39, 0.29) is 0 Å². The summed E-state index contributed by atoms with van der Waals surface area (Å²) >= 11 is 3.20. The highest BCUT2D eigenvalue weighted by molar-refractivity contribution is 9.10. The number of rotatable bonds is 0. The average Bonchev–Trinajstić information content (AvgIpc) is 1.77. The fourth-order valence-electron chi connectivity index (χ4n) is 0.349. The molecule has 0 bridgehead atoms. The Kier molecular flexibility index (Phi) is 1.48. The van der Waals surface area contributed by atoms with Crippen molar-refractivity contribution in [2.75, 3.05) is 5.73 Å². The predicted molar refractivity (Wildman–Crippen MR) is 35.2 cm³/mol. The van der Waals surface area contributed by atoms with Crippen LogP contribution in [0.4, 0.5) is 5.82 Å². The van der Waals surface area contributed by atoms with Crippen LogP contribution < -0.4 is 5.73 Å². The van der Waals surface area contributed by atoms with Crippen molar-refractivity contribution in [2.45, 2.75) is 0 Å². The SMILES string of the molecule is Nc1[c]cc(Br)cn1. The topological polar surface area (TPSA) is 38.9 Å². The number of nitrogens with zero attached hydrogens (tertiary/aromatic N) is 1. The molecule has 0 unspecified atom stereocenters. The molecule has 0 spiro atoms. The molecule has 0 aliphatic carbocycles. The van der Waals surface area contributed by atoms with Gasteiger partial charge in [-0.25, -0.2) is 4.98 Å². The molecule has 41 valence electrons. The first-order chi connectivity index (χ1) is 3.79. The van der Waals surface area contributed by atoms with Crippen LogP contribution in [0.2, 0.25) is 0 Å². The minimum atomic E-state index is 0.424. The Morgan fingerprint density at radius 3 is 2.88 bits per heavy atom. The van der Waals surface area contributed by atoms with Gasteiger partial charge in [0.05, 0.1) is 0 Å². The van der Waals surface area contributed by atoms with Crippen molar-refractivity contribution in [1.29, 1.82) is 0 Å². The first-order valence-electron chi connectivity index (χ1n) is 2.08. The molecular weight excluding hydrogens is 168 g/mol. The molecule has 0 aromatic carbocycles. The van der Waals surface area contributed by atoms with Gasteiger partial charge in [0.1, 0.15) is 5.82 Å². The smallest absolute Gasteiger partial charge is 0.131 e. The van der Waals surface area contributed by atoms with Crippen molar-refractivity contribution in [3.63, 3.8) is 0 Å². The third kappa shape index (κ3) is 1.20. The van der Waals surface area contributed by atoms with E-state index in [0.717, 1.165) is 4.47 Å². The molecule has 1 aromatic rings. The largest absolute Gasteiger partial charge is 0.383 e. The Morgan fingerprint density at radius 1 is 1.75 bits per heavy atom. The highest BCUT2D eigenvalue weighted by Crippen LogP contribution is 2.06. The molecule has 0 atom stereocenters. The fraction of sp³-hybridized carbons (Fsp3) is 0. The molecular formula is C5H4BrN2. The lowest BCUT2D eigenvalue weighted by atomic mass is 10.5. The molecule has 1 heterocycles. The van der Waals surface area contributed by atoms with Crippen molar-refractivity contribution in [1.82, 2.24) is 4.98 Å². The zero-order chi connectivity index (χ0) is 5.98. The third-order valence-corrected chi connectivity index (χ3v) is 1.12. The van der Waals surface area contributed by atoms with Crippen LogP contribution in [0.5, 0.6) is 0 Å². The second-order valence-electron chi connectivity index (χ2n) is 1.32. The highest BCUT2D eigenvalue weighted by Gasteiger charge is 1.84. The van der Waals surface area contributed by atoms with E-state index < -0.39 is 0 Å². The summed E-state index contributed by atoms with van der Waals surface area (Å²) < 4.78 is 0.895. The summed E-state index contributed by atoms with van der Waals surface area (Å²) in [6.45, 7) is 0. The maximum absolute atomic E-state index is 5.24. The molecule has 0 saturated carbocycles. The molecule has 1 rings (SSSR count). The van der Waals surface area contributed by atoms with E-state index in [1.165, 1.54) is 0 Å². The monoisotopic (exact) mass is 171 g/mol. The normalized spacial score (nSPS) is 9.12. The molecule has 1 aromatic heterocycles. The molecule has 2 N–H and O–H groups in total. The van der Waals surface area contributed by atoms with E-state index in [9.17, 15) is 0 Å². The molecule has 2 nitrogen and oxygen atoms in total. The van der Waals surface area contributed by atoms with Crippen LogP contribution in [0.15, 0.2) is 16.7 Å². The maximum atomic E-state index is 5.24. The van der Waals surface area contributed by atoms with Crippen LogP contribution in [0.25, 0.3) is 0 Å². The molecule has 1 radical (unpaired) electrons. The minimum absolute atomic E-state index is 0.424. The lowest BCUT2D eigenvalue weighted by Crippen LogP contribution is -1.86. The molecule has 0 amide bonds. The van der Waals surface area contributed by atoms with E-state index in [2.05, 4.69) is 27.0 Å². The number of hydrogen-bond acceptors (Lipinski definition) is 2. The van der Waals surface area contributed by atoms with Crippen LogP contribution in [0.3, 0.4) is 0 Å². The van der Waals surface area contributed by atoms with Crippen molar-refractivity contribution >= 4 is 21.7 Å². The van der Waals surface area contributed by atoms with E-state index >= 15 is 0 Å². The Balaban J connectivity index is 3.03. The van der Waals surface area contributed by atoms with Crippen LogP contribution in [0.1, 0.15) is 0 Å². The Bertz CT molecular complexity index is 149. The molecule has 0 aliphatic heterocycles. The van der Waals surface area contributed by atoms with Crippen LogP contribution in [-0.4, -0.2) is 4.98 Å². The van der Waals surface area contributed by atoms with Gasteiger partial charge in [-0.1, -0.05) is 0 Å². The number of halogens is 1. The second kappa shape index (κ2) is 2.13. The summed E-state index contributed by atoms with van der Waals surface area (Å²) in [5.41, 5.74) is 5.24. The van der Waals surface area contributed by atoms with Gasteiger partial charge in [-0.15, -0.1) is 0 Å². The molecule has 0 saturated heterocycles. The Hall–Kier alpha value is -0.570. The Labute approximate surface area is 55.9 Å². The summed E-state index contributed by atoms with van der Waals surface area (Å²) in [7, 11) is 0. The van der Waals surface area contributed by atoms with Crippen LogP contribution in [0, 0.1) is 6.07 Å². The van der Waals surface area contributed by atoms with E-state index in [1.54, 1.807) is 12.3 Å². The van der Waals surface area contributed by atoms with Crippen molar-refractivity contribution in [2.24, 2.45) is 0 Å².